The van der Waals surface area contributed by atoms with Crippen LogP contribution in [0.2, 0.25) is 5.02 Å². The van der Waals surface area contributed by atoms with Crippen molar-refractivity contribution < 1.29 is 17.9 Å². The van der Waals surface area contributed by atoms with Crippen LogP contribution >= 0.6 is 27.5 Å². The molecule has 0 spiro atoms. The summed E-state index contributed by atoms with van der Waals surface area (Å²) in [6.45, 7) is 1.60. The average molecular weight is 433 g/mol. The Balaban J connectivity index is 2.43. The highest BCUT2D eigenvalue weighted by atomic mass is 79.9. The van der Waals surface area contributed by atoms with E-state index in [1.807, 2.05) is 0 Å². The predicted octanol–water partition coefficient (Wildman–Crippen LogP) is 3.60. The number of benzene rings is 2. The molecule has 0 aliphatic rings. The molecule has 0 unspecified atom stereocenters. The second-order valence-corrected chi connectivity index (χ2v) is 8.00. The lowest BCUT2D eigenvalue weighted by molar-refractivity contribution is -0.142. The number of carbonyl (C=O) groups is 1. The number of nitrogens with one attached hydrogen (secondary N) is 1. The van der Waals surface area contributed by atoms with Gasteiger partial charge in [-0.3, -0.25) is 0 Å². The highest BCUT2D eigenvalue weighted by molar-refractivity contribution is 9.10. The van der Waals surface area contributed by atoms with Gasteiger partial charge in [0.1, 0.15) is 6.04 Å². The van der Waals surface area contributed by atoms with E-state index in [1.165, 1.54) is 19.2 Å². The van der Waals surface area contributed by atoms with Gasteiger partial charge in [-0.05, 0) is 42.3 Å². The predicted molar refractivity (Wildman–Crippen MR) is 95.4 cm³/mol. The molecule has 0 amide bonds. The third kappa shape index (κ3) is 4.16. The molecule has 8 heteroatoms. The van der Waals surface area contributed by atoms with Gasteiger partial charge >= 0.3 is 5.97 Å². The fourth-order valence-corrected chi connectivity index (χ4v) is 4.06. The van der Waals surface area contributed by atoms with Crippen molar-refractivity contribution in [3.8, 4) is 0 Å². The van der Waals surface area contributed by atoms with Crippen LogP contribution in [-0.4, -0.2) is 21.5 Å². The zero-order chi connectivity index (χ0) is 17.9. The number of ether oxygens (including phenoxy) is 1. The Bertz CT molecular complexity index is 853. The van der Waals surface area contributed by atoms with Gasteiger partial charge in [-0.1, -0.05) is 45.7 Å². The molecule has 1 atom stereocenters. The van der Waals surface area contributed by atoms with E-state index in [9.17, 15) is 13.2 Å². The third-order valence-corrected chi connectivity index (χ3v) is 5.93. The van der Waals surface area contributed by atoms with Gasteiger partial charge in [-0.2, -0.15) is 4.72 Å². The molecule has 0 aliphatic heterocycles. The van der Waals surface area contributed by atoms with E-state index in [0.717, 1.165) is 4.47 Å². The van der Waals surface area contributed by atoms with Crippen LogP contribution in [0, 0.1) is 6.92 Å². The van der Waals surface area contributed by atoms with Gasteiger partial charge in [-0.15, -0.1) is 0 Å². The number of rotatable bonds is 5. The Morgan fingerprint density at radius 2 is 1.83 bits per heavy atom. The maximum Gasteiger partial charge on any atom is 0.328 e. The summed E-state index contributed by atoms with van der Waals surface area (Å²) in [5, 5.41) is 0.330. The van der Waals surface area contributed by atoms with Crippen LogP contribution < -0.4 is 4.72 Å². The van der Waals surface area contributed by atoms with E-state index in [2.05, 4.69) is 20.7 Å². The van der Waals surface area contributed by atoms with E-state index < -0.39 is 22.0 Å². The molecule has 0 heterocycles. The Kier molecular flexibility index (Phi) is 6.03. The van der Waals surface area contributed by atoms with Crippen molar-refractivity contribution in [2.24, 2.45) is 0 Å². The molecule has 0 radical (unpaired) electrons. The number of esters is 1. The molecule has 1 N–H and O–H groups in total. The van der Waals surface area contributed by atoms with Gasteiger partial charge < -0.3 is 4.74 Å². The summed E-state index contributed by atoms with van der Waals surface area (Å²) in [6, 6.07) is 10.1. The van der Waals surface area contributed by atoms with Crippen molar-refractivity contribution in [2.75, 3.05) is 7.11 Å². The third-order valence-electron chi connectivity index (χ3n) is 3.42. The van der Waals surface area contributed by atoms with E-state index in [1.54, 1.807) is 37.3 Å². The Labute approximate surface area is 154 Å². The highest BCUT2D eigenvalue weighted by Crippen LogP contribution is 2.25. The first kappa shape index (κ1) is 18.9. The first-order valence-corrected chi connectivity index (χ1v) is 9.52. The number of sulfonamides is 1. The minimum Gasteiger partial charge on any atom is -0.468 e. The second kappa shape index (κ2) is 7.65. The van der Waals surface area contributed by atoms with Crippen molar-refractivity contribution in [1.29, 1.82) is 0 Å². The molecule has 0 saturated heterocycles. The Morgan fingerprint density at radius 1 is 1.21 bits per heavy atom. The van der Waals surface area contributed by atoms with E-state index in [0.29, 0.717) is 16.1 Å². The highest BCUT2D eigenvalue weighted by Gasteiger charge is 2.29. The molecule has 24 heavy (non-hydrogen) atoms. The minimum absolute atomic E-state index is 0.0148. The molecule has 5 nitrogen and oxygen atoms in total. The number of methoxy groups -OCH3 is 1. The van der Waals surface area contributed by atoms with Crippen LogP contribution in [0.4, 0.5) is 0 Å². The zero-order valence-electron chi connectivity index (χ0n) is 12.9. The first-order valence-electron chi connectivity index (χ1n) is 6.87. The molecule has 2 aromatic carbocycles. The van der Waals surface area contributed by atoms with Gasteiger partial charge in [0.2, 0.25) is 10.0 Å². The van der Waals surface area contributed by atoms with Crippen LogP contribution in [-0.2, 0) is 19.6 Å². The van der Waals surface area contributed by atoms with Crippen molar-refractivity contribution in [1.82, 2.24) is 4.72 Å². The molecule has 0 aliphatic carbocycles. The molecular weight excluding hydrogens is 418 g/mol. The lowest BCUT2D eigenvalue weighted by atomic mass is 10.1. The molecule has 0 fully saturated rings. The summed E-state index contributed by atoms with van der Waals surface area (Å²) < 4.78 is 33.3. The maximum atomic E-state index is 12.7. The average Bonchev–Trinajstić information content (AvgIpc) is 2.55. The SMILES string of the molecule is COC(=O)[C@H](NS(=O)(=O)c1cccc(Cl)c1C)c1ccc(Br)cc1. The van der Waals surface area contributed by atoms with Crippen molar-refractivity contribution in [3.63, 3.8) is 0 Å². The maximum absolute atomic E-state index is 12.7. The molecule has 0 bridgehead atoms. The van der Waals surface area contributed by atoms with E-state index in [4.69, 9.17) is 16.3 Å². The standard InChI is InChI=1S/C16H15BrClNO4S/c1-10-13(18)4-3-5-14(10)24(21,22)19-15(16(20)23-2)11-6-8-12(17)9-7-11/h3-9,15,19H,1-2H3/t15-/m1/s1. The van der Waals surface area contributed by atoms with Crippen LogP contribution in [0.15, 0.2) is 51.8 Å². The largest absolute Gasteiger partial charge is 0.468 e. The van der Waals surface area contributed by atoms with Gasteiger partial charge in [0.15, 0.2) is 0 Å². The summed E-state index contributed by atoms with van der Waals surface area (Å²) in [6.07, 6.45) is 0. The number of carbonyl (C=O) groups excluding carboxylic acids is 1. The quantitative estimate of drug-likeness (QED) is 0.733. The molecule has 2 aromatic rings. The second-order valence-electron chi connectivity index (χ2n) is 4.99. The monoisotopic (exact) mass is 431 g/mol. The normalized spacial score (nSPS) is 12.7. The molecule has 2 rings (SSSR count). The number of halogens is 2. The van der Waals surface area contributed by atoms with Gasteiger partial charge in [0.05, 0.1) is 12.0 Å². The zero-order valence-corrected chi connectivity index (χ0v) is 16.1. The molecule has 0 aromatic heterocycles. The van der Waals surface area contributed by atoms with Crippen LogP contribution in [0.5, 0.6) is 0 Å². The fourth-order valence-electron chi connectivity index (χ4n) is 2.12. The minimum atomic E-state index is -3.97. The van der Waals surface area contributed by atoms with Crippen molar-refractivity contribution >= 4 is 43.5 Å². The lowest BCUT2D eigenvalue weighted by Gasteiger charge is -2.18. The summed E-state index contributed by atoms with van der Waals surface area (Å²) >= 11 is 9.29. The Hall–Kier alpha value is -1.41. The summed E-state index contributed by atoms with van der Waals surface area (Å²) in [5.41, 5.74) is 0.874. The lowest BCUT2D eigenvalue weighted by Crippen LogP contribution is -2.34. The summed E-state index contributed by atoms with van der Waals surface area (Å²) in [4.78, 5) is 12.1. The topological polar surface area (TPSA) is 72.5 Å². The van der Waals surface area contributed by atoms with Gasteiger partial charge in [0.25, 0.3) is 0 Å². The van der Waals surface area contributed by atoms with Crippen molar-refractivity contribution in [3.05, 3.63) is 63.1 Å². The summed E-state index contributed by atoms with van der Waals surface area (Å²) in [5.74, 6) is -0.708. The smallest absolute Gasteiger partial charge is 0.328 e. The first-order chi connectivity index (χ1) is 11.3. The van der Waals surface area contributed by atoms with Gasteiger partial charge in [0, 0.05) is 9.50 Å². The molecule has 0 saturated carbocycles. The summed E-state index contributed by atoms with van der Waals surface area (Å²) in [7, 11) is -2.77. The van der Waals surface area contributed by atoms with Crippen molar-refractivity contribution in [2.45, 2.75) is 17.9 Å². The van der Waals surface area contributed by atoms with Gasteiger partial charge in [-0.25, -0.2) is 13.2 Å². The molecule has 128 valence electrons. The fraction of sp³-hybridized carbons (Fsp3) is 0.188. The molecular formula is C16H15BrClNO4S. The van der Waals surface area contributed by atoms with Crippen LogP contribution in [0.3, 0.4) is 0 Å². The van der Waals surface area contributed by atoms with E-state index in [-0.39, 0.29) is 4.90 Å². The van der Waals surface area contributed by atoms with E-state index >= 15 is 0 Å². The Morgan fingerprint density at radius 3 is 2.42 bits per heavy atom. The number of hydrogen-bond acceptors (Lipinski definition) is 4. The van der Waals surface area contributed by atoms with Crippen LogP contribution in [0.25, 0.3) is 0 Å². The van der Waals surface area contributed by atoms with Crippen LogP contribution in [0.1, 0.15) is 17.2 Å². The number of hydrogen-bond donors (Lipinski definition) is 1.